The van der Waals surface area contributed by atoms with E-state index in [1.54, 1.807) is 0 Å². The van der Waals surface area contributed by atoms with E-state index in [2.05, 4.69) is 222 Å². The summed E-state index contributed by atoms with van der Waals surface area (Å²) in [6.07, 6.45) is 8.90. The van der Waals surface area contributed by atoms with Gasteiger partial charge in [-0.3, -0.25) is 0 Å². The third-order valence-electron chi connectivity index (χ3n) is 18.1. The molecule has 13 rings (SSSR count). The van der Waals surface area contributed by atoms with Gasteiger partial charge in [-0.1, -0.05) is 76.2 Å². The van der Waals surface area contributed by atoms with Gasteiger partial charge in [-0.25, -0.2) is 9.97 Å². The standard InChI is InChI=1S/C68H78N12/c1-5-73-33-41-77(42-34-73)53-17-9-49(10-18-53)65-57-25-27-59(69-57)66(50-11-19-54(20-12-50)78-43-35-74(6-2)36-44-78)61-29-31-63(71-61)68(52-15-23-56(24-16-52)80-47-39-76(8-4)40-48-80)64-32-30-62(72-64)67(60-28-26-58(65)70-60)51-13-21-55(22-14-51)79-45-37-75(7-3)38-46-79/h9-32,69,72H,5-8,33-48H2,1-4H3. The summed E-state index contributed by atoms with van der Waals surface area (Å²) in [5.74, 6) is 0. The second-order valence-corrected chi connectivity index (χ2v) is 22.4. The molecule has 9 heterocycles. The van der Waals surface area contributed by atoms with Gasteiger partial charge in [0.1, 0.15) is 0 Å². The molecule has 80 heavy (non-hydrogen) atoms. The number of benzene rings is 4. The maximum atomic E-state index is 5.69. The highest BCUT2D eigenvalue weighted by Gasteiger charge is 2.24. The van der Waals surface area contributed by atoms with Gasteiger partial charge in [0, 0.05) is 172 Å². The minimum Gasteiger partial charge on any atom is -0.369 e. The van der Waals surface area contributed by atoms with E-state index < -0.39 is 0 Å². The van der Waals surface area contributed by atoms with Crippen LogP contribution >= 0.6 is 0 Å². The van der Waals surface area contributed by atoms with Crippen molar-refractivity contribution in [1.29, 1.82) is 0 Å². The summed E-state index contributed by atoms with van der Waals surface area (Å²) in [6.45, 7) is 30.4. The molecule has 0 unspecified atom stereocenters. The smallest absolute Gasteiger partial charge is 0.0737 e. The average molecular weight is 1060 g/mol. The Morgan fingerprint density at radius 1 is 0.275 bits per heavy atom. The van der Waals surface area contributed by atoms with Gasteiger partial charge in [0.15, 0.2) is 0 Å². The zero-order chi connectivity index (χ0) is 54.1. The molecular weight excluding hydrogens is 985 g/mol. The molecule has 0 aliphatic carbocycles. The molecule has 4 saturated heterocycles. The van der Waals surface area contributed by atoms with Crippen LogP contribution in [0.25, 0.3) is 90.9 Å². The molecule has 0 spiro atoms. The fourth-order valence-corrected chi connectivity index (χ4v) is 13.1. The molecule has 6 aliphatic rings. The Hall–Kier alpha value is -7.48. The summed E-state index contributed by atoms with van der Waals surface area (Å²) in [5, 5.41) is 0. The molecule has 7 aromatic rings. The zero-order valence-corrected chi connectivity index (χ0v) is 47.5. The number of nitrogens with zero attached hydrogens (tertiary/aromatic N) is 10. The number of aromatic amines is 2. The summed E-state index contributed by atoms with van der Waals surface area (Å²) in [7, 11) is 0. The van der Waals surface area contributed by atoms with E-state index in [4.69, 9.17) is 9.97 Å². The molecule has 0 atom stereocenters. The number of nitrogens with one attached hydrogen (secondary N) is 2. The van der Waals surface area contributed by atoms with Crippen molar-refractivity contribution in [1.82, 2.24) is 39.5 Å². The molecule has 8 bridgehead atoms. The first kappa shape index (κ1) is 51.9. The Balaban J connectivity index is 1.01. The number of hydrogen-bond donors (Lipinski definition) is 2. The number of aromatic nitrogens is 4. The van der Waals surface area contributed by atoms with E-state index in [-0.39, 0.29) is 0 Å². The van der Waals surface area contributed by atoms with E-state index in [0.29, 0.717) is 0 Å². The number of rotatable bonds is 12. The van der Waals surface area contributed by atoms with E-state index in [0.717, 1.165) is 220 Å². The number of fused-ring (bicyclic) bond motifs is 8. The van der Waals surface area contributed by atoms with Crippen molar-refractivity contribution < 1.29 is 0 Å². The molecule has 0 radical (unpaired) electrons. The Labute approximate surface area is 473 Å². The quantitative estimate of drug-likeness (QED) is 0.123. The van der Waals surface area contributed by atoms with E-state index in [1.807, 2.05) is 0 Å². The molecule has 4 aromatic carbocycles. The third kappa shape index (κ3) is 10.5. The van der Waals surface area contributed by atoms with Gasteiger partial charge in [0.2, 0.25) is 0 Å². The average Bonchev–Trinajstić information content (AvgIpc) is 4.39. The Morgan fingerprint density at radius 3 is 0.662 bits per heavy atom. The van der Waals surface area contributed by atoms with Gasteiger partial charge < -0.3 is 49.2 Å². The van der Waals surface area contributed by atoms with Gasteiger partial charge in [0.25, 0.3) is 0 Å². The van der Waals surface area contributed by atoms with Crippen LogP contribution in [0.5, 0.6) is 0 Å². The molecule has 12 nitrogen and oxygen atoms in total. The van der Waals surface area contributed by atoms with E-state index in [9.17, 15) is 0 Å². The van der Waals surface area contributed by atoms with Crippen LogP contribution < -0.4 is 19.6 Å². The maximum absolute atomic E-state index is 5.69. The summed E-state index contributed by atoms with van der Waals surface area (Å²) < 4.78 is 0. The van der Waals surface area contributed by atoms with Crippen LogP contribution in [0.2, 0.25) is 0 Å². The fourth-order valence-electron chi connectivity index (χ4n) is 13.1. The lowest BCUT2D eigenvalue weighted by Crippen LogP contribution is -2.46. The lowest BCUT2D eigenvalue weighted by atomic mass is 10.0. The maximum Gasteiger partial charge on any atom is 0.0737 e. The highest BCUT2D eigenvalue weighted by Crippen LogP contribution is 2.40. The number of H-pyrrole nitrogens is 2. The molecule has 3 aromatic heterocycles. The van der Waals surface area contributed by atoms with Gasteiger partial charge >= 0.3 is 0 Å². The number of likely N-dealkylation sites (N-methyl/N-ethyl adjacent to an activating group) is 4. The molecule has 2 N–H and O–H groups in total. The van der Waals surface area contributed by atoms with Crippen LogP contribution in [0.1, 0.15) is 50.5 Å². The summed E-state index contributed by atoms with van der Waals surface area (Å²) in [5.41, 5.74) is 21.5. The lowest BCUT2D eigenvalue weighted by molar-refractivity contribution is 0.271. The Morgan fingerprint density at radius 2 is 0.475 bits per heavy atom. The van der Waals surface area contributed by atoms with Crippen molar-refractivity contribution in [2.45, 2.75) is 27.7 Å². The minimum absolute atomic E-state index is 0.922. The summed E-state index contributed by atoms with van der Waals surface area (Å²) in [6, 6.07) is 45.9. The first-order valence-corrected chi connectivity index (χ1v) is 29.9. The fraction of sp³-hybridized carbons (Fsp3) is 0.353. The first-order chi connectivity index (χ1) is 39.4. The largest absolute Gasteiger partial charge is 0.369 e. The molecule has 0 amide bonds. The van der Waals surface area contributed by atoms with Crippen LogP contribution in [0.15, 0.2) is 121 Å². The van der Waals surface area contributed by atoms with E-state index in [1.165, 1.54) is 22.7 Å². The van der Waals surface area contributed by atoms with Crippen LogP contribution in [0.4, 0.5) is 22.7 Å². The Bertz CT molecular complexity index is 3060. The number of hydrogen-bond acceptors (Lipinski definition) is 10. The van der Waals surface area contributed by atoms with Crippen LogP contribution in [-0.4, -0.2) is 170 Å². The monoisotopic (exact) mass is 1060 g/mol. The molecule has 0 saturated carbocycles. The molecule has 6 aliphatic heterocycles. The van der Waals surface area contributed by atoms with Gasteiger partial charge in [-0.2, -0.15) is 0 Å². The van der Waals surface area contributed by atoms with Gasteiger partial charge in [0.05, 0.1) is 22.8 Å². The van der Waals surface area contributed by atoms with Gasteiger partial charge in [-0.05, 0) is 146 Å². The third-order valence-corrected chi connectivity index (χ3v) is 18.1. The molecule has 410 valence electrons. The van der Waals surface area contributed by atoms with Crippen molar-refractivity contribution in [3.63, 3.8) is 0 Å². The highest BCUT2D eigenvalue weighted by molar-refractivity contribution is 6.00. The second-order valence-electron chi connectivity index (χ2n) is 22.4. The number of anilines is 4. The summed E-state index contributed by atoms with van der Waals surface area (Å²) >= 11 is 0. The predicted octanol–water partition coefficient (Wildman–Crippen LogP) is 11.9. The molecule has 4 fully saturated rings. The van der Waals surface area contributed by atoms with Crippen LogP contribution in [0.3, 0.4) is 0 Å². The van der Waals surface area contributed by atoms with Crippen LogP contribution in [0, 0.1) is 0 Å². The predicted molar refractivity (Wildman–Crippen MR) is 338 cm³/mol. The SMILES string of the molecule is CCN1CCN(c2ccc(-c3c4nc(c(-c5ccc(N6CCN(CC)CC6)cc5)c5ccc([nH]5)c(-c5ccc(N6CCN(CC)CC6)cc5)c5nc(c(-c6ccc(N7CCN(CC)CC7)cc6)c6ccc3[nH]6)C=C5)C=C4)cc2)CC1. The number of piperazine rings is 4. The topological polar surface area (TPSA) is 83.3 Å². The highest BCUT2D eigenvalue weighted by atomic mass is 15.3. The summed E-state index contributed by atoms with van der Waals surface area (Å²) in [4.78, 5) is 39.7. The van der Waals surface area contributed by atoms with Crippen molar-refractivity contribution in [2.24, 2.45) is 0 Å². The zero-order valence-electron chi connectivity index (χ0n) is 47.5. The van der Waals surface area contributed by atoms with Crippen molar-refractivity contribution in [3.05, 3.63) is 144 Å². The molecular formula is C68H78N12. The first-order valence-electron chi connectivity index (χ1n) is 29.9. The van der Waals surface area contributed by atoms with Crippen LogP contribution in [-0.2, 0) is 0 Å². The van der Waals surface area contributed by atoms with Crippen molar-refractivity contribution in [2.75, 3.05) is 150 Å². The Kier molecular flexibility index (Phi) is 14.9. The van der Waals surface area contributed by atoms with Crippen molar-refractivity contribution >= 4 is 69.1 Å². The van der Waals surface area contributed by atoms with E-state index >= 15 is 0 Å². The normalized spacial score (nSPS) is 17.8. The second kappa shape index (κ2) is 22.9. The lowest BCUT2D eigenvalue weighted by Gasteiger charge is -2.35. The minimum atomic E-state index is 0.922. The van der Waals surface area contributed by atoms with Crippen molar-refractivity contribution in [3.8, 4) is 44.5 Å². The molecule has 12 heteroatoms. The van der Waals surface area contributed by atoms with Gasteiger partial charge in [-0.15, -0.1) is 0 Å².